The molecule has 0 unspecified atom stereocenters. The third-order valence-electron chi connectivity index (χ3n) is 4.04. The molecule has 0 amide bonds. The van der Waals surface area contributed by atoms with Crippen LogP contribution in [0.5, 0.6) is 0 Å². The Morgan fingerprint density at radius 1 is 1.14 bits per heavy atom. The highest BCUT2D eigenvalue weighted by Gasteiger charge is 2.09. The second-order valence-electron chi connectivity index (χ2n) is 6.04. The highest BCUT2D eigenvalue weighted by molar-refractivity contribution is 6.10. The SMILES string of the molecule is [B]C/C(=C/CCCCC)CC/C=C(\C)CN1CCOCC1. The van der Waals surface area contributed by atoms with E-state index in [1.165, 1.54) is 36.8 Å². The summed E-state index contributed by atoms with van der Waals surface area (Å²) in [5, 5.41) is 0. The van der Waals surface area contributed by atoms with Crippen molar-refractivity contribution in [3.8, 4) is 0 Å². The van der Waals surface area contributed by atoms with Gasteiger partial charge in [0.05, 0.1) is 21.1 Å². The number of ether oxygens (including phenoxy) is 1. The van der Waals surface area contributed by atoms with E-state index < -0.39 is 0 Å². The van der Waals surface area contributed by atoms with Crippen LogP contribution in [0, 0.1) is 0 Å². The number of morpholine rings is 1. The Kier molecular flexibility index (Phi) is 10.6. The lowest BCUT2D eigenvalue weighted by Gasteiger charge is -2.26. The fourth-order valence-electron chi connectivity index (χ4n) is 2.67. The molecule has 1 aliphatic heterocycles. The van der Waals surface area contributed by atoms with Gasteiger partial charge < -0.3 is 4.74 Å². The van der Waals surface area contributed by atoms with E-state index in [4.69, 9.17) is 12.6 Å². The minimum atomic E-state index is 0.711. The summed E-state index contributed by atoms with van der Waals surface area (Å²) < 4.78 is 5.38. The van der Waals surface area contributed by atoms with Gasteiger partial charge in [-0.25, -0.2) is 0 Å². The summed E-state index contributed by atoms with van der Waals surface area (Å²) in [6.45, 7) is 9.46. The second-order valence-corrected chi connectivity index (χ2v) is 6.04. The lowest BCUT2D eigenvalue weighted by molar-refractivity contribution is 0.0422. The zero-order chi connectivity index (χ0) is 15.3. The number of rotatable bonds is 10. The number of allylic oxidation sites excluding steroid dienone is 3. The van der Waals surface area contributed by atoms with Crippen molar-refractivity contribution in [2.75, 3.05) is 32.8 Å². The van der Waals surface area contributed by atoms with Gasteiger partial charge in [0.25, 0.3) is 0 Å². The molecule has 0 spiro atoms. The lowest BCUT2D eigenvalue weighted by atomic mass is 9.92. The number of hydrogen-bond acceptors (Lipinski definition) is 2. The molecule has 0 bridgehead atoms. The van der Waals surface area contributed by atoms with Gasteiger partial charge in [-0.2, -0.15) is 0 Å². The predicted octanol–water partition coefficient (Wildman–Crippen LogP) is 4.14. The molecule has 1 rings (SSSR count). The fourth-order valence-corrected chi connectivity index (χ4v) is 2.67. The monoisotopic (exact) mass is 289 g/mol. The third kappa shape index (κ3) is 9.16. The third-order valence-corrected chi connectivity index (χ3v) is 4.04. The van der Waals surface area contributed by atoms with Crippen molar-refractivity contribution >= 4 is 7.85 Å². The van der Waals surface area contributed by atoms with Crippen LogP contribution in [0.3, 0.4) is 0 Å². The first-order valence-electron chi connectivity index (χ1n) is 8.60. The van der Waals surface area contributed by atoms with Gasteiger partial charge in [-0.1, -0.05) is 49.4 Å². The van der Waals surface area contributed by atoms with E-state index in [0.29, 0.717) is 6.32 Å². The smallest absolute Gasteiger partial charge is 0.0712 e. The second kappa shape index (κ2) is 12.1. The first-order valence-corrected chi connectivity index (χ1v) is 8.60. The van der Waals surface area contributed by atoms with Crippen molar-refractivity contribution in [1.82, 2.24) is 4.90 Å². The molecule has 21 heavy (non-hydrogen) atoms. The van der Waals surface area contributed by atoms with Gasteiger partial charge in [-0.3, -0.25) is 4.90 Å². The first kappa shape index (κ1) is 18.5. The van der Waals surface area contributed by atoms with Crippen LogP contribution in [0.2, 0.25) is 6.32 Å². The minimum absolute atomic E-state index is 0.711. The zero-order valence-electron chi connectivity index (χ0n) is 14.1. The molecule has 2 nitrogen and oxygen atoms in total. The molecule has 0 aromatic rings. The average Bonchev–Trinajstić information content (AvgIpc) is 2.50. The molecule has 0 aliphatic carbocycles. The molecule has 0 aromatic heterocycles. The summed E-state index contributed by atoms with van der Waals surface area (Å²) in [6.07, 6.45) is 12.8. The summed E-state index contributed by atoms with van der Waals surface area (Å²) in [5.74, 6) is 0. The fraction of sp³-hybridized carbons (Fsp3) is 0.778. The molecular weight excluding hydrogens is 257 g/mol. The van der Waals surface area contributed by atoms with E-state index in [0.717, 1.165) is 45.7 Å². The highest BCUT2D eigenvalue weighted by Crippen LogP contribution is 2.14. The van der Waals surface area contributed by atoms with Gasteiger partial charge in [0.15, 0.2) is 0 Å². The van der Waals surface area contributed by atoms with Crippen molar-refractivity contribution < 1.29 is 4.74 Å². The van der Waals surface area contributed by atoms with Crippen molar-refractivity contribution in [2.45, 2.75) is 58.7 Å². The quantitative estimate of drug-likeness (QED) is 0.340. The van der Waals surface area contributed by atoms with Gasteiger partial charge in [-0.15, -0.1) is 0 Å². The van der Waals surface area contributed by atoms with E-state index in [1.807, 2.05) is 0 Å². The van der Waals surface area contributed by atoms with Crippen molar-refractivity contribution in [3.63, 3.8) is 0 Å². The molecule has 1 saturated heterocycles. The molecule has 0 aromatic carbocycles. The van der Waals surface area contributed by atoms with Crippen LogP contribution in [-0.2, 0) is 4.74 Å². The molecule has 1 aliphatic rings. The Labute approximate surface area is 133 Å². The van der Waals surface area contributed by atoms with Crippen LogP contribution >= 0.6 is 0 Å². The Balaban J connectivity index is 2.22. The maximum absolute atomic E-state index is 5.84. The van der Waals surface area contributed by atoms with Crippen LogP contribution < -0.4 is 0 Å². The van der Waals surface area contributed by atoms with E-state index in [2.05, 4.69) is 30.9 Å². The average molecular weight is 289 g/mol. The standard InChI is InChI=1S/C18H32BNO/c1-3-4-5-6-9-18(15-19)10-7-8-17(2)16-20-11-13-21-14-12-20/h8-9H,3-7,10-16H2,1-2H3/b17-8+,18-9+. The van der Waals surface area contributed by atoms with Crippen LogP contribution in [0.4, 0.5) is 0 Å². The molecular formula is C18H32BNO. The molecule has 0 atom stereocenters. The summed E-state index contributed by atoms with van der Waals surface area (Å²) in [7, 11) is 5.84. The van der Waals surface area contributed by atoms with Gasteiger partial charge in [0.2, 0.25) is 0 Å². The Morgan fingerprint density at radius 3 is 2.57 bits per heavy atom. The van der Waals surface area contributed by atoms with Crippen LogP contribution in [0.25, 0.3) is 0 Å². The van der Waals surface area contributed by atoms with Crippen LogP contribution in [0.15, 0.2) is 23.3 Å². The Hall–Kier alpha value is -0.535. The van der Waals surface area contributed by atoms with E-state index in [1.54, 1.807) is 0 Å². The summed E-state index contributed by atoms with van der Waals surface area (Å²) in [5.41, 5.74) is 2.89. The lowest BCUT2D eigenvalue weighted by Crippen LogP contribution is -2.37. The topological polar surface area (TPSA) is 12.5 Å². The number of hydrogen-bond donors (Lipinski definition) is 0. The molecule has 0 saturated carbocycles. The van der Waals surface area contributed by atoms with Crippen molar-refractivity contribution in [1.29, 1.82) is 0 Å². The highest BCUT2D eigenvalue weighted by atomic mass is 16.5. The summed E-state index contributed by atoms with van der Waals surface area (Å²) in [6, 6.07) is 0. The van der Waals surface area contributed by atoms with Gasteiger partial charge in [0, 0.05) is 19.6 Å². The Morgan fingerprint density at radius 2 is 1.90 bits per heavy atom. The largest absolute Gasteiger partial charge is 0.379 e. The number of nitrogens with zero attached hydrogens (tertiary/aromatic N) is 1. The Bertz CT molecular complexity index is 319. The van der Waals surface area contributed by atoms with Crippen molar-refractivity contribution in [3.05, 3.63) is 23.3 Å². The summed E-state index contributed by atoms with van der Waals surface area (Å²) >= 11 is 0. The van der Waals surface area contributed by atoms with Crippen LogP contribution in [0.1, 0.15) is 52.4 Å². The van der Waals surface area contributed by atoms with Crippen LogP contribution in [-0.4, -0.2) is 45.6 Å². The molecule has 2 radical (unpaired) electrons. The molecule has 118 valence electrons. The molecule has 1 heterocycles. The number of unbranched alkanes of at least 4 members (excludes halogenated alkanes) is 3. The van der Waals surface area contributed by atoms with Gasteiger partial charge in [-0.05, 0) is 32.6 Å². The van der Waals surface area contributed by atoms with E-state index >= 15 is 0 Å². The maximum atomic E-state index is 5.84. The van der Waals surface area contributed by atoms with Gasteiger partial charge >= 0.3 is 0 Å². The molecule has 0 N–H and O–H groups in total. The van der Waals surface area contributed by atoms with E-state index in [9.17, 15) is 0 Å². The van der Waals surface area contributed by atoms with Crippen molar-refractivity contribution in [2.24, 2.45) is 0 Å². The molecule has 3 heteroatoms. The molecule has 1 fully saturated rings. The maximum Gasteiger partial charge on any atom is 0.0712 e. The first-order chi connectivity index (χ1) is 10.3. The summed E-state index contributed by atoms with van der Waals surface area (Å²) in [4.78, 5) is 2.47. The van der Waals surface area contributed by atoms with E-state index in [-0.39, 0.29) is 0 Å². The predicted molar refractivity (Wildman–Crippen MR) is 93.0 cm³/mol. The normalized spacial score (nSPS) is 18.2. The minimum Gasteiger partial charge on any atom is -0.379 e. The zero-order valence-corrected chi connectivity index (χ0v) is 14.1. The van der Waals surface area contributed by atoms with Gasteiger partial charge in [0.1, 0.15) is 0 Å².